The van der Waals surface area contributed by atoms with Gasteiger partial charge in [0.25, 0.3) is 0 Å². The molecule has 0 aromatic carbocycles. The zero-order chi connectivity index (χ0) is 16.0. The van der Waals surface area contributed by atoms with Crippen molar-refractivity contribution in [1.29, 1.82) is 0 Å². The van der Waals surface area contributed by atoms with Crippen molar-refractivity contribution in [3.63, 3.8) is 0 Å². The number of hydrogen-bond acceptors (Lipinski definition) is 3. The number of carbonyl (C=O) groups is 2. The molecule has 5 nitrogen and oxygen atoms in total. The normalized spacial score (nSPS) is 13.5. The molecule has 2 amide bonds. The third-order valence-electron chi connectivity index (χ3n) is 3.71. The molecule has 0 aliphatic rings. The Morgan fingerprint density at radius 1 is 1.33 bits per heavy atom. The number of carboxylic acids is 1. The number of carboxylic acid groups (broad SMARTS) is 1. The van der Waals surface area contributed by atoms with Crippen LogP contribution in [0.25, 0.3) is 0 Å². The lowest BCUT2D eigenvalue weighted by Gasteiger charge is -2.34. The van der Waals surface area contributed by atoms with Crippen LogP contribution < -0.4 is 0 Å². The van der Waals surface area contributed by atoms with Crippen LogP contribution in [0.15, 0.2) is 17.5 Å². The number of carbonyl (C=O) groups excluding carboxylic acids is 1. The summed E-state index contributed by atoms with van der Waals surface area (Å²) in [5.41, 5.74) is 0. The molecule has 1 N–H and O–H groups in total. The van der Waals surface area contributed by atoms with Gasteiger partial charge in [0.15, 0.2) is 0 Å². The molecule has 1 rings (SSSR count). The second kappa shape index (κ2) is 8.02. The van der Waals surface area contributed by atoms with Gasteiger partial charge in [0.05, 0.1) is 0 Å². The standard InChI is InChI=1S/C15H24N2O3S/c1-5-11(2)17(10-14(18)19)15(20)16(4)12(3)9-13-7-6-8-21-13/h6-8,11-12H,5,9-10H2,1-4H3,(H,18,19). The number of likely N-dealkylation sites (N-methyl/N-ethyl adjacent to an activating group) is 1. The summed E-state index contributed by atoms with van der Waals surface area (Å²) in [5, 5.41) is 11.0. The van der Waals surface area contributed by atoms with Crippen molar-refractivity contribution >= 4 is 23.3 Å². The van der Waals surface area contributed by atoms with Crippen molar-refractivity contribution in [1.82, 2.24) is 9.80 Å². The van der Waals surface area contributed by atoms with Crippen LogP contribution in [0.4, 0.5) is 4.79 Å². The molecular weight excluding hydrogens is 288 g/mol. The predicted octanol–water partition coefficient (Wildman–Crippen LogP) is 2.92. The number of amides is 2. The maximum Gasteiger partial charge on any atom is 0.323 e. The number of urea groups is 1. The topological polar surface area (TPSA) is 60.9 Å². The lowest BCUT2D eigenvalue weighted by Crippen LogP contribution is -2.50. The molecule has 1 aromatic rings. The van der Waals surface area contributed by atoms with Gasteiger partial charge in [-0.15, -0.1) is 11.3 Å². The Labute approximate surface area is 130 Å². The number of thiophene rings is 1. The summed E-state index contributed by atoms with van der Waals surface area (Å²) in [6.45, 7) is 5.54. The molecule has 2 atom stereocenters. The van der Waals surface area contributed by atoms with E-state index in [1.807, 2.05) is 38.3 Å². The van der Waals surface area contributed by atoms with Crippen LogP contribution in [0.1, 0.15) is 32.1 Å². The monoisotopic (exact) mass is 312 g/mol. The summed E-state index contributed by atoms with van der Waals surface area (Å²) in [6.07, 6.45) is 1.51. The highest BCUT2D eigenvalue weighted by Crippen LogP contribution is 2.15. The van der Waals surface area contributed by atoms with Gasteiger partial charge in [-0.1, -0.05) is 13.0 Å². The van der Waals surface area contributed by atoms with Crippen LogP contribution in [-0.4, -0.2) is 52.6 Å². The first kappa shape index (κ1) is 17.5. The molecule has 0 fully saturated rings. The largest absolute Gasteiger partial charge is 0.480 e. The van der Waals surface area contributed by atoms with Crippen LogP contribution in [-0.2, 0) is 11.2 Å². The SMILES string of the molecule is CCC(C)N(CC(=O)O)C(=O)N(C)C(C)Cc1cccs1. The number of rotatable bonds is 7. The summed E-state index contributed by atoms with van der Waals surface area (Å²) in [4.78, 5) is 27.8. The Hall–Kier alpha value is -1.56. The second-order valence-corrected chi connectivity index (χ2v) is 6.34. The molecule has 1 aromatic heterocycles. The quantitative estimate of drug-likeness (QED) is 0.842. The van der Waals surface area contributed by atoms with Gasteiger partial charge >= 0.3 is 12.0 Å². The van der Waals surface area contributed by atoms with Crippen molar-refractivity contribution in [2.45, 2.75) is 45.7 Å². The fraction of sp³-hybridized carbons (Fsp3) is 0.600. The zero-order valence-corrected chi connectivity index (χ0v) is 13.9. The molecule has 0 aliphatic carbocycles. The maximum absolute atomic E-state index is 12.5. The molecule has 0 aliphatic heterocycles. The van der Waals surface area contributed by atoms with Crippen molar-refractivity contribution in [3.8, 4) is 0 Å². The van der Waals surface area contributed by atoms with E-state index < -0.39 is 5.97 Å². The lowest BCUT2D eigenvalue weighted by atomic mass is 10.2. The molecule has 0 saturated carbocycles. The van der Waals surface area contributed by atoms with Crippen molar-refractivity contribution in [3.05, 3.63) is 22.4 Å². The molecule has 0 spiro atoms. The van der Waals surface area contributed by atoms with E-state index in [1.54, 1.807) is 23.3 Å². The smallest absolute Gasteiger partial charge is 0.323 e. The van der Waals surface area contributed by atoms with E-state index in [1.165, 1.54) is 9.78 Å². The molecule has 21 heavy (non-hydrogen) atoms. The van der Waals surface area contributed by atoms with Gasteiger partial charge in [0, 0.05) is 30.4 Å². The van der Waals surface area contributed by atoms with Gasteiger partial charge in [-0.05, 0) is 31.7 Å². The Balaban J connectivity index is 2.74. The Morgan fingerprint density at radius 2 is 2.00 bits per heavy atom. The average molecular weight is 312 g/mol. The Bertz CT molecular complexity index is 461. The second-order valence-electron chi connectivity index (χ2n) is 5.30. The van der Waals surface area contributed by atoms with Gasteiger partial charge in [-0.25, -0.2) is 4.79 Å². The Kier molecular flexibility index (Phi) is 6.68. The lowest BCUT2D eigenvalue weighted by molar-refractivity contribution is -0.138. The highest BCUT2D eigenvalue weighted by atomic mass is 32.1. The van der Waals surface area contributed by atoms with E-state index in [2.05, 4.69) is 0 Å². The third kappa shape index (κ3) is 5.04. The van der Waals surface area contributed by atoms with E-state index >= 15 is 0 Å². The summed E-state index contributed by atoms with van der Waals surface area (Å²) in [6, 6.07) is 3.74. The first-order valence-corrected chi connectivity index (χ1v) is 8.02. The summed E-state index contributed by atoms with van der Waals surface area (Å²) < 4.78 is 0. The van der Waals surface area contributed by atoms with Gasteiger partial charge < -0.3 is 14.9 Å². The number of hydrogen-bond donors (Lipinski definition) is 1. The summed E-state index contributed by atoms with van der Waals surface area (Å²) >= 11 is 1.66. The van der Waals surface area contributed by atoms with E-state index in [9.17, 15) is 9.59 Å². The van der Waals surface area contributed by atoms with Crippen molar-refractivity contribution in [2.75, 3.05) is 13.6 Å². The Morgan fingerprint density at radius 3 is 2.48 bits per heavy atom. The molecule has 0 bridgehead atoms. The fourth-order valence-electron chi connectivity index (χ4n) is 2.03. The van der Waals surface area contributed by atoms with Gasteiger partial charge in [-0.3, -0.25) is 4.79 Å². The molecule has 6 heteroatoms. The molecule has 2 unspecified atom stereocenters. The molecule has 0 radical (unpaired) electrons. The first-order chi connectivity index (χ1) is 9.86. The molecule has 1 heterocycles. The highest BCUT2D eigenvalue weighted by Gasteiger charge is 2.27. The number of aliphatic carboxylic acids is 1. The van der Waals surface area contributed by atoms with Crippen LogP contribution in [0.5, 0.6) is 0 Å². The van der Waals surface area contributed by atoms with Crippen LogP contribution in [0.2, 0.25) is 0 Å². The average Bonchev–Trinajstić information content (AvgIpc) is 2.94. The minimum absolute atomic E-state index is 0.0245. The van der Waals surface area contributed by atoms with Crippen LogP contribution in [0, 0.1) is 0 Å². The third-order valence-corrected chi connectivity index (χ3v) is 4.61. The van der Waals surface area contributed by atoms with Crippen LogP contribution in [0.3, 0.4) is 0 Å². The molecule has 0 saturated heterocycles. The zero-order valence-electron chi connectivity index (χ0n) is 13.1. The maximum atomic E-state index is 12.5. The first-order valence-electron chi connectivity index (χ1n) is 7.14. The van der Waals surface area contributed by atoms with Gasteiger partial charge in [-0.2, -0.15) is 0 Å². The van der Waals surface area contributed by atoms with Crippen molar-refractivity contribution in [2.24, 2.45) is 0 Å². The molecule has 118 valence electrons. The number of nitrogens with zero attached hydrogens (tertiary/aromatic N) is 2. The van der Waals surface area contributed by atoms with Gasteiger partial charge in [0.2, 0.25) is 0 Å². The van der Waals surface area contributed by atoms with Crippen LogP contribution >= 0.6 is 11.3 Å². The van der Waals surface area contributed by atoms with E-state index in [4.69, 9.17) is 5.11 Å². The fourth-order valence-corrected chi connectivity index (χ4v) is 2.85. The van der Waals surface area contributed by atoms with Crippen molar-refractivity contribution < 1.29 is 14.7 Å². The summed E-state index contributed by atoms with van der Waals surface area (Å²) in [7, 11) is 1.73. The molecular formula is C15H24N2O3S. The predicted molar refractivity (Wildman–Crippen MR) is 84.7 cm³/mol. The van der Waals surface area contributed by atoms with E-state index in [0.717, 1.165) is 12.8 Å². The van der Waals surface area contributed by atoms with E-state index in [0.29, 0.717) is 0 Å². The highest BCUT2D eigenvalue weighted by molar-refractivity contribution is 7.09. The van der Waals surface area contributed by atoms with E-state index in [-0.39, 0.29) is 24.7 Å². The minimum atomic E-state index is -0.983. The minimum Gasteiger partial charge on any atom is -0.480 e. The summed E-state index contributed by atoms with van der Waals surface area (Å²) in [5.74, 6) is -0.983. The van der Waals surface area contributed by atoms with Gasteiger partial charge in [0.1, 0.15) is 6.54 Å².